The Labute approximate surface area is 110 Å². The van der Waals surface area contributed by atoms with Crippen LogP contribution in [0, 0.1) is 6.92 Å². The molecule has 1 aromatic heterocycles. The van der Waals surface area contributed by atoms with Crippen molar-refractivity contribution in [3.63, 3.8) is 0 Å². The molecule has 1 aliphatic heterocycles. The van der Waals surface area contributed by atoms with Gasteiger partial charge in [0.2, 0.25) is 0 Å². The summed E-state index contributed by atoms with van der Waals surface area (Å²) in [4.78, 5) is 4.75. The van der Waals surface area contributed by atoms with Crippen LogP contribution in [-0.4, -0.2) is 49.1 Å². The Morgan fingerprint density at radius 2 is 2.06 bits per heavy atom. The topological polar surface area (TPSA) is 45.6 Å². The number of nitrogens with zero attached hydrogens (tertiary/aromatic N) is 2. The van der Waals surface area contributed by atoms with Crippen molar-refractivity contribution in [2.24, 2.45) is 5.73 Å². The summed E-state index contributed by atoms with van der Waals surface area (Å²) in [7, 11) is 4.34. The third-order valence-corrected chi connectivity index (χ3v) is 4.30. The van der Waals surface area contributed by atoms with E-state index in [0.29, 0.717) is 0 Å². The van der Waals surface area contributed by atoms with Crippen molar-refractivity contribution in [2.45, 2.75) is 31.8 Å². The molecule has 0 saturated carbocycles. The highest BCUT2D eigenvalue weighted by atomic mass is 16.3. The van der Waals surface area contributed by atoms with E-state index in [4.69, 9.17) is 10.2 Å². The summed E-state index contributed by atoms with van der Waals surface area (Å²) < 4.78 is 5.66. The maximum absolute atomic E-state index is 6.05. The third-order valence-electron chi connectivity index (χ3n) is 4.30. The first-order chi connectivity index (χ1) is 8.55. The predicted octanol–water partition coefficient (Wildman–Crippen LogP) is 1.44. The minimum absolute atomic E-state index is 0.132. The van der Waals surface area contributed by atoms with Gasteiger partial charge in [-0.2, -0.15) is 0 Å². The molecule has 2 heterocycles. The first-order valence-corrected chi connectivity index (χ1v) is 6.71. The van der Waals surface area contributed by atoms with Gasteiger partial charge < -0.3 is 15.1 Å². The Balaban J connectivity index is 2.03. The molecule has 1 fully saturated rings. The van der Waals surface area contributed by atoms with Crippen molar-refractivity contribution in [3.8, 4) is 0 Å². The van der Waals surface area contributed by atoms with Crippen LogP contribution in [0.5, 0.6) is 0 Å². The van der Waals surface area contributed by atoms with Gasteiger partial charge in [-0.25, -0.2) is 0 Å². The Morgan fingerprint density at radius 3 is 2.56 bits per heavy atom. The van der Waals surface area contributed by atoms with Crippen LogP contribution >= 0.6 is 0 Å². The Kier molecular flexibility index (Phi) is 4.10. The largest absolute Gasteiger partial charge is 0.465 e. The summed E-state index contributed by atoms with van der Waals surface area (Å²) in [5.41, 5.74) is 6.18. The summed E-state index contributed by atoms with van der Waals surface area (Å²) in [6.07, 6.45) is 2.27. The van der Waals surface area contributed by atoms with E-state index in [1.54, 1.807) is 0 Å². The minimum atomic E-state index is 0.132. The lowest BCUT2D eigenvalue weighted by Crippen LogP contribution is -2.57. The van der Waals surface area contributed by atoms with Gasteiger partial charge in [0.1, 0.15) is 11.5 Å². The van der Waals surface area contributed by atoms with E-state index in [1.165, 1.54) is 0 Å². The Morgan fingerprint density at radius 1 is 1.39 bits per heavy atom. The van der Waals surface area contributed by atoms with Gasteiger partial charge in [0.25, 0.3) is 0 Å². The van der Waals surface area contributed by atoms with Gasteiger partial charge in [0.05, 0.1) is 6.54 Å². The molecule has 0 spiro atoms. The minimum Gasteiger partial charge on any atom is -0.465 e. The van der Waals surface area contributed by atoms with Gasteiger partial charge in [-0.1, -0.05) is 0 Å². The first kappa shape index (κ1) is 13.6. The third kappa shape index (κ3) is 2.76. The molecule has 4 nitrogen and oxygen atoms in total. The number of aryl methyl sites for hydroxylation is 1. The number of hydrogen-bond acceptors (Lipinski definition) is 4. The van der Waals surface area contributed by atoms with E-state index in [0.717, 1.165) is 50.5 Å². The molecule has 1 saturated heterocycles. The van der Waals surface area contributed by atoms with Crippen LogP contribution in [-0.2, 0) is 6.54 Å². The molecule has 18 heavy (non-hydrogen) atoms. The van der Waals surface area contributed by atoms with Crippen LogP contribution in [0.15, 0.2) is 16.5 Å². The monoisotopic (exact) mass is 251 g/mol. The normalized spacial score (nSPS) is 20.5. The smallest absolute Gasteiger partial charge is 0.118 e. The quantitative estimate of drug-likeness (QED) is 0.879. The van der Waals surface area contributed by atoms with Gasteiger partial charge in [-0.3, -0.25) is 4.90 Å². The van der Waals surface area contributed by atoms with Crippen LogP contribution < -0.4 is 5.73 Å². The maximum Gasteiger partial charge on any atom is 0.118 e. The summed E-state index contributed by atoms with van der Waals surface area (Å²) >= 11 is 0. The van der Waals surface area contributed by atoms with Crippen molar-refractivity contribution >= 4 is 0 Å². The molecule has 1 aliphatic rings. The summed E-state index contributed by atoms with van der Waals surface area (Å²) in [5.74, 6) is 2.00. The van der Waals surface area contributed by atoms with Crippen molar-refractivity contribution in [1.29, 1.82) is 0 Å². The maximum atomic E-state index is 6.05. The molecule has 0 amide bonds. The van der Waals surface area contributed by atoms with Crippen molar-refractivity contribution in [2.75, 3.05) is 33.7 Å². The zero-order chi connectivity index (χ0) is 13.2. The molecule has 0 bridgehead atoms. The molecule has 0 atom stereocenters. The van der Waals surface area contributed by atoms with Crippen LogP contribution in [0.2, 0.25) is 0 Å². The molecule has 102 valence electrons. The highest BCUT2D eigenvalue weighted by Crippen LogP contribution is 2.28. The fourth-order valence-corrected chi connectivity index (χ4v) is 2.75. The van der Waals surface area contributed by atoms with Crippen LogP contribution in [0.4, 0.5) is 0 Å². The second-order valence-electron chi connectivity index (χ2n) is 5.60. The molecular weight excluding hydrogens is 226 g/mol. The van der Waals surface area contributed by atoms with Crippen molar-refractivity contribution in [3.05, 3.63) is 23.7 Å². The average molecular weight is 251 g/mol. The van der Waals surface area contributed by atoms with Crippen molar-refractivity contribution in [1.82, 2.24) is 9.80 Å². The number of furan rings is 1. The number of likely N-dealkylation sites (tertiary alicyclic amines) is 1. The Hall–Kier alpha value is -0.840. The molecule has 0 aromatic carbocycles. The van der Waals surface area contributed by atoms with E-state index in [9.17, 15) is 0 Å². The van der Waals surface area contributed by atoms with E-state index in [-0.39, 0.29) is 5.54 Å². The second kappa shape index (κ2) is 5.43. The van der Waals surface area contributed by atoms with Gasteiger partial charge in [0, 0.05) is 12.1 Å². The lowest BCUT2D eigenvalue weighted by atomic mass is 9.86. The van der Waals surface area contributed by atoms with E-state index in [2.05, 4.69) is 30.0 Å². The summed E-state index contributed by atoms with van der Waals surface area (Å²) in [5, 5.41) is 0. The van der Waals surface area contributed by atoms with E-state index >= 15 is 0 Å². The van der Waals surface area contributed by atoms with E-state index < -0.39 is 0 Å². The predicted molar refractivity (Wildman–Crippen MR) is 73.4 cm³/mol. The molecule has 1 aromatic rings. The van der Waals surface area contributed by atoms with Crippen LogP contribution in [0.25, 0.3) is 0 Å². The van der Waals surface area contributed by atoms with Crippen LogP contribution in [0.1, 0.15) is 24.4 Å². The highest BCUT2D eigenvalue weighted by Gasteiger charge is 2.36. The molecule has 4 heteroatoms. The van der Waals surface area contributed by atoms with E-state index in [1.807, 2.05) is 13.0 Å². The SMILES string of the molecule is Cc1ccc(CN(C)C2(CN)CCN(C)CC2)o1. The molecular formula is C14H25N3O. The number of likely N-dealkylation sites (N-methyl/N-ethyl adjacent to an activating group) is 1. The molecule has 2 rings (SSSR count). The molecule has 0 radical (unpaired) electrons. The van der Waals surface area contributed by atoms with Gasteiger partial charge in [-0.05, 0) is 59.1 Å². The molecule has 0 aliphatic carbocycles. The molecule has 2 N–H and O–H groups in total. The Bertz CT molecular complexity index is 380. The summed E-state index contributed by atoms with van der Waals surface area (Å²) in [6.45, 7) is 5.79. The lowest BCUT2D eigenvalue weighted by molar-refractivity contribution is 0.0438. The average Bonchev–Trinajstić information content (AvgIpc) is 2.76. The first-order valence-electron chi connectivity index (χ1n) is 6.71. The fraction of sp³-hybridized carbons (Fsp3) is 0.714. The van der Waals surface area contributed by atoms with Crippen LogP contribution in [0.3, 0.4) is 0 Å². The lowest BCUT2D eigenvalue weighted by Gasteiger charge is -2.46. The van der Waals surface area contributed by atoms with Gasteiger partial charge in [-0.15, -0.1) is 0 Å². The fourth-order valence-electron chi connectivity index (χ4n) is 2.75. The standard InChI is InChI=1S/C14H25N3O/c1-12-4-5-13(18-12)10-17(3)14(11-15)6-8-16(2)9-7-14/h4-5H,6-11,15H2,1-3H3. The number of nitrogens with two attached hydrogens (primary N) is 1. The second-order valence-corrected chi connectivity index (χ2v) is 5.60. The molecule has 0 unspecified atom stereocenters. The number of piperidine rings is 1. The highest BCUT2D eigenvalue weighted by molar-refractivity contribution is 5.06. The van der Waals surface area contributed by atoms with Crippen molar-refractivity contribution < 1.29 is 4.42 Å². The summed E-state index contributed by atoms with van der Waals surface area (Å²) in [6, 6.07) is 4.08. The number of hydrogen-bond donors (Lipinski definition) is 1. The zero-order valence-corrected chi connectivity index (χ0v) is 11.8. The van der Waals surface area contributed by atoms with Gasteiger partial charge >= 0.3 is 0 Å². The zero-order valence-electron chi connectivity index (χ0n) is 11.8. The van der Waals surface area contributed by atoms with Gasteiger partial charge in [0.15, 0.2) is 0 Å². The number of rotatable bonds is 4.